The van der Waals surface area contributed by atoms with Crippen LogP contribution in [0.3, 0.4) is 0 Å². The van der Waals surface area contributed by atoms with E-state index in [4.69, 9.17) is 0 Å². The lowest BCUT2D eigenvalue weighted by atomic mass is 10.1. The number of nitrogens with one attached hydrogen (secondary N) is 2. The predicted molar refractivity (Wildman–Crippen MR) is 66.7 cm³/mol. The highest BCUT2D eigenvalue weighted by atomic mass is 16.2. The monoisotopic (exact) mass is 230 g/mol. The molecule has 0 aliphatic rings. The zero-order valence-corrected chi connectivity index (χ0v) is 9.77. The van der Waals surface area contributed by atoms with Crippen molar-refractivity contribution in [3.05, 3.63) is 36.4 Å². The van der Waals surface area contributed by atoms with Crippen molar-refractivity contribution < 1.29 is 4.79 Å². The molecule has 0 saturated carbocycles. The fourth-order valence-electron chi connectivity index (χ4n) is 1.59. The maximum absolute atomic E-state index is 11.2. The number of amides is 2. The van der Waals surface area contributed by atoms with Crippen molar-refractivity contribution >= 4 is 11.8 Å². The van der Waals surface area contributed by atoms with Gasteiger partial charge in [-0.3, -0.25) is 10.00 Å². The first-order chi connectivity index (χ1) is 8.20. The molecule has 0 atom stereocenters. The molecule has 0 saturated heterocycles. The second-order valence-corrected chi connectivity index (χ2v) is 3.61. The Balaban J connectivity index is 2.28. The van der Waals surface area contributed by atoms with Gasteiger partial charge in [-0.1, -0.05) is 30.3 Å². The summed E-state index contributed by atoms with van der Waals surface area (Å²) < 4.78 is 1.74. The first kappa shape index (κ1) is 11.2. The molecule has 2 N–H and O–H groups in total. The minimum Gasteiger partial charge on any atom is -0.341 e. The second kappa shape index (κ2) is 4.69. The molecule has 0 radical (unpaired) electrons. The van der Waals surface area contributed by atoms with Crippen LogP contribution in [0.25, 0.3) is 11.3 Å². The molecule has 0 aliphatic heterocycles. The summed E-state index contributed by atoms with van der Waals surface area (Å²) in [6.45, 7) is 0. The van der Waals surface area contributed by atoms with E-state index in [0.29, 0.717) is 5.82 Å². The summed E-state index contributed by atoms with van der Waals surface area (Å²) in [6, 6.07) is 11.5. The van der Waals surface area contributed by atoms with E-state index in [1.54, 1.807) is 11.7 Å². The molecule has 2 amide bonds. The Hall–Kier alpha value is -2.30. The summed E-state index contributed by atoms with van der Waals surface area (Å²) in [5.74, 6) is 0.533. The molecule has 2 rings (SSSR count). The Morgan fingerprint density at radius 2 is 2.00 bits per heavy atom. The maximum Gasteiger partial charge on any atom is 0.320 e. The largest absolute Gasteiger partial charge is 0.341 e. The topological polar surface area (TPSA) is 59.0 Å². The predicted octanol–water partition coefficient (Wildman–Crippen LogP) is 1.84. The van der Waals surface area contributed by atoms with Gasteiger partial charge in [0.15, 0.2) is 5.82 Å². The van der Waals surface area contributed by atoms with Crippen LogP contribution in [0.15, 0.2) is 36.4 Å². The number of anilines is 1. The highest BCUT2D eigenvalue weighted by Gasteiger charge is 2.08. The van der Waals surface area contributed by atoms with E-state index in [2.05, 4.69) is 15.7 Å². The van der Waals surface area contributed by atoms with Crippen molar-refractivity contribution in [1.82, 2.24) is 15.1 Å². The van der Waals surface area contributed by atoms with E-state index in [1.807, 2.05) is 43.4 Å². The van der Waals surface area contributed by atoms with E-state index in [0.717, 1.165) is 11.3 Å². The normalized spacial score (nSPS) is 10.0. The Morgan fingerprint density at radius 1 is 1.29 bits per heavy atom. The van der Waals surface area contributed by atoms with Crippen LogP contribution in [0, 0.1) is 0 Å². The Morgan fingerprint density at radius 3 is 2.65 bits per heavy atom. The van der Waals surface area contributed by atoms with Gasteiger partial charge in [-0.05, 0) is 5.56 Å². The molecule has 1 aromatic carbocycles. The van der Waals surface area contributed by atoms with Crippen molar-refractivity contribution in [3.63, 3.8) is 0 Å². The molecule has 5 nitrogen and oxygen atoms in total. The number of rotatable bonds is 2. The fourth-order valence-corrected chi connectivity index (χ4v) is 1.59. The minimum absolute atomic E-state index is 0.275. The number of carbonyl (C=O) groups is 1. The summed E-state index contributed by atoms with van der Waals surface area (Å²) in [6.07, 6.45) is 0. The van der Waals surface area contributed by atoms with Gasteiger partial charge in [0.2, 0.25) is 0 Å². The highest BCUT2D eigenvalue weighted by molar-refractivity contribution is 5.88. The van der Waals surface area contributed by atoms with Crippen molar-refractivity contribution in [2.24, 2.45) is 7.05 Å². The van der Waals surface area contributed by atoms with Gasteiger partial charge >= 0.3 is 6.03 Å². The van der Waals surface area contributed by atoms with E-state index in [1.165, 1.54) is 0 Å². The van der Waals surface area contributed by atoms with Gasteiger partial charge in [-0.25, -0.2) is 4.79 Å². The van der Waals surface area contributed by atoms with Crippen LogP contribution in [0.4, 0.5) is 10.6 Å². The molecule has 0 spiro atoms. The number of carbonyl (C=O) groups excluding carboxylic acids is 1. The van der Waals surface area contributed by atoms with Crippen LogP contribution >= 0.6 is 0 Å². The van der Waals surface area contributed by atoms with Crippen LogP contribution in [0.2, 0.25) is 0 Å². The molecule has 88 valence electrons. The third kappa shape index (κ3) is 2.44. The number of aryl methyl sites for hydroxylation is 1. The SMILES string of the molecule is CNC(=O)Nc1cc(-c2ccccc2)n(C)n1. The third-order valence-corrected chi connectivity index (χ3v) is 2.42. The maximum atomic E-state index is 11.2. The summed E-state index contributed by atoms with van der Waals surface area (Å²) in [5.41, 5.74) is 2.02. The molecule has 17 heavy (non-hydrogen) atoms. The molecule has 2 aromatic rings. The quantitative estimate of drug-likeness (QED) is 0.827. The van der Waals surface area contributed by atoms with Crippen LogP contribution in [0.1, 0.15) is 0 Å². The van der Waals surface area contributed by atoms with Gasteiger partial charge in [-0.2, -0.15) is 5.10 Å². The van der Waals surface area contributed by atoms with Gasteiger partial charge in [0, 0.05) is 20.2 Å². The highest BCUT2D eigenvalue weighted by Crippen LogP contribution is 2.21. The minimum atomic E-state index is -0.275. The van der Waals surface area contributed by atoms with Crippen LogP contribution in [-0.4, -0.2) is 22.9 Å². The van der Waals surface area contributed by atoms with Gasteiger partial charge in [-0.15, -0.1) is 0 Å². The zero-order valence-electron chi connectivity index (χ0n) is 9.77. The van der Waals surface area contributed by atoms with E-state index in [9.17, 15) is 4.79 Å². The molecule has 0 aliphatic carbocycles. The van der Waals surface area contributed by atoms with Gasteiger partial charge < -0.3 is 5.32 Å². The standard InChI is InChI=1S/C12H14N4O/c1-13-12(17)14-11-8-10(16(2)15-11)9-6-4-3-5-7-9/h3-8H,1-2H3,(H2,13,14,15,17). The number of aromatic nitrogens is 2. The molecule has 0 fully saturated rings. The van der Waals surface area contributed by atoms with Crippen LogP contribution in [0.5, 0.6) is 0 Å². The second-order valence-electron chi connectivity index (χ2n) is 3.61. The summed E-state index contributed by atoms with van der Waals surface area (Å²) in [5, 5.41) is 9.34. The zero-order chi connectivity index (χ0) is 12.3. The number of hydrogen-bond donors (Lipinski definition) is 2. The van der Waals surface area contributed by atoms with Crippen molar-refractivity contribution in [2.75, 3.05) is 12.4 Å². The number of hydrogen-bond acceptors (Lipinski definition) is 2. The summed E-state index contributed by atoms with van der Waals surface area (Å²) >= 11 is 0. The van der Waals surface area contributed by atoms with Gasteiger partial charge in [0.05, 0.1) is 5.69 Å². The first-order valence-corrected chi connectivity index (χ1v) is 5.29. The fraction of sp³-hybridized carbons (Fsp3) is 0.167. The number of nitrogens with zero attached hydrogens (tertiary/aromatic N) is 2. The Labute approximate surface area is 99.5 Å². The lowest BCUT2D eigenvalue weighted by Crippen LogP contribution is -2.24. The lowest BCUT2D eigenvalue weighted by molar-refractivity contribution is 0.254. The molecule has 0 bridgehead atoms. The lowest BCUT2D eigenvalue weighted by Gasteiger charge is -1.99. The third-order valence-electron chi connectivity index (χ3n) is 2.42. The Kier molecular flexibility index (Phi) is 3.09. The number of urea groups is 1. The van der Waals surface area contributed by atoms with E-state index in [-0.39, 0.29) is 6.03 Å². The van der Waals surface area contributed by atoms with Crippen LogP contribution in [-0.2, 0) is 7.05 Å². The van der Waals surface area contributed by atoms with E-state index < -0.39 is 0 Å². The first-order valence-electron chi connectivity index (χ1n) is 5.29. The molecular formula is C12H14N4O. The average Bonchev–Trinajstić information content (AvgIpc) is 2.71. The van der Waals surface area contributed by atoms with Crippen molar-refractivity contribution in [3.8, 4) is 11.3 Å². The summed E-state index contributed by atoms with van der Waals surface area (Å²) in [4.78, 5) is 11.2. The molecule has 1 heterocycles. The summed E-state index contributed by atoms with van der Waals surface area (Å²) in [7, 11) is 3.41. The Bertz CT molecular complexity index is 519. The average molecular weight is 230 g/mol. The molecule has 1 aromatic heterocycles. The number of benzene rings is 1. The van der Waals surface area contributed by atoms with Crippen molar-refractivity contribution in [2.45, 2.75) is 0 Å². The van der Waals surface area contributed by atoms with Gasteiger partial charge in [0.25, 0.3) is 0 Å². The smallest absolute Gasteiger partial charge is 0.320 e. The molecule has 0 unspecified atom stereocenters. The molecule has 5 heteroatoms. The van der Waals surface area contributed by atoms with Gasteiger partial charge in [0.1, 0.15) is 0 Å². The molecular weight excluding hydrogens is 216 g/mol. The van der Waals surface area contributed by atoms with Crippen molar-refractivity contribution in [1.29, 1.82) is 0 Å². The van der Waals surface area contributed by atoms with Crippen LogP contribution < -0.4 is 10.6 Å². The van der Waals surface area contributed by atoms with E-state index >= 15 is 0 Å².